The summed E-state index contributed by atoms with van der Waals surface area (Å²) in [5.41, 5.74) is 1.30. The number of sulfone groups is 1. The van der Waals surface area contributed by atoms with E-state index >= 15 is 0 Å². The highest BCUT2D eigenvalue weighted by Crippen LogP contribution is 2.21. The Balaban J connectivity index is 2.32. The van der Waals surface area contributed by atoms with Gasteiger partial charge in [0.25, 0.3) is 9.84 Å². The van der Waals surface area contributed by atoms with Gasteiger partial charge in [0.15, 0.2) is 0 Å². The van der Waals surface area contributed by atoms with Crippen LogP contribution < -0.4 is 4.74 Å². The molecular weight excluding hydrogens is 226 g/mol. The number of rotatable bonds is 1. The Labute approximate surface area is 94.2 Å². The van der Waals surface area contributed by atoms with E-state index in [4.69, 9.17) is 4.74 Å². The molecule has 0 spiro atoms. The van der Waals surface area contributed by atoms with Crippen molar-refractivity contribution < 1.29 is 13.2 Å². The number of ether oxygens (including phenoxy) is 1. The van der Waals surface area contributed by atoms with Crippen LogP contribution in [-0.2, 0) is 9.84 Å². The van der Waals surface area contributed by atoms with Gasteiger partial charge in [-0.25, -0.2) is 13.4 Å². The van der Waals surface area contributed by atoms with Crippen LogP contribution in [0.2, 0.25) is 0 Å². The lowest BCUT2D eigenvalue weighted by Crippen LogP contribution is -2.16. The van der Waals surface area contributed by atoms with Gasteiger partial charge in [0, 0.05) is 0 Å². The first-order valence-corrected chi connectivity index (χ1v) is 6.29. The summed E-state index contributed by atoms with van der Waals surface area (Å²) in [4.78, 5) is 3.85. The molecular formula is C11H11NO3S. The smallest absolute Gasteiger partial charge is 0.319 e. The third-order valence-electron chi connectivity index (χ3n) is 2.13. The van der Waals surface area contributed by atoms with Crippen LogP contribution in [0.4, 0.5) is 0 Å². The number of benzene rings is 1. The molecule has 4 nitrogen and oxygen atoms in total. The van der Waals surface area contributed by atoms with E-state index in [1.54, 1.807) is 19.1 Å². The molecule has 0 saturated carbocycles. The van der Waals surface area contributed by atoms with Crippen LogP contribution in [0.5, 0.6) is 5.75 Å². The average Bonchev–Trinajstić information content (AvgIpc) is 2.43. The number of aryl methyl sites for hydroxylation is 1. The number of nitrogens with zero attached hydrogens (tertiary/aromatic N) is 1. The lowest BCUT2D eigenvalue weighted by Gasteiger charge is -2.06. The number of allylic oxidation sites excluding steroid dienone is 1. The SMILES string of the molecule is CC1=CS(=O)(=O)C(Oc2ccccc2C)=N1. The molecule has 2 rings (SSSR count). The minimum Gasteiger partial charge on any atom is -0.430 e. The molecule has 1 heterocycles. The molecule has 0 fully saturated rings. The van der Waals surface area contributed by atoms with E-state index in [9.17, 15) is 8.42 Å². The summed E-state index contributed by atoms with van der Waals surface area (Å²) in [6.07, 6.45) is 0. The number of hydrogen-bond acceptors (Lipinski definition) is 4. The highest BCUT2D eigenvalue weighted by molar-refractivity contribution is 8.08. The van der Waals surface area contributed by atoms with Gasteiger partial charge >= 0.3 is 5.23 Å². The third kappa shape index (κ3) is 1.99. The van der Waals surface area contributed by atoms with Gasteiger partial charge < -0.3 is 4.74 Å². The monoisotopic (exact) mass is 237 g/mol. The normalized spacial score (nSPS) is 17.9. The molecule has 1 aliphatic rings. The Morgan fingerprint density at radius 2 is 1.88 bits per heavy atom. The van der Waals surface area contributed by atoms with Crippen LogP contribution in [0.3, 0.4) is 0 Å². The van der Waals surface area contributed by atoms with Crippen molar-refractivity contribution in [2.45, 2.75) is 13.8 Å². The zero-order valence-corrected chi connectivity index (χ0v) is 9.78. The average molecular weight is 237 g/mol. The zero-order valence-electron chi connectivity index (χ0n) is 8.97. The fourth-order valence-electron chi connectivity index (χ4n) is 1.35. The maximum atomic E-state index is 11.6. The summed E-state index contributed by atoms with van der Waals surface area (Å²) in [5, 5.41) is 0.847. The first kappa shape index (κ1) is 10.9. The quantitative estimate of drug-likeness (QED) is 0.750. The largest absolute Gasteiger partial charge is 0.430 e. The summed E-state index contributed by atoms with van der Waals surface area (Å²) in [6, 6.07) is 7.19. The zero-order chi connectivity index (χ0) is 11.8. The molecule has 0 bridgehead atoms. The Morgan fingerprint density at radius 1 is 1.19 bits per heavy atom. The second-order valence-electron chi connectivity index (χ2n) is 3.55. The van der Waals surface area contributed by atoms with Crippen molar-refractivity contribution in [3.05, 3.63) is 40.9 Å². The molecule has 1 aromatic rings. The molecule has 5 heteroatoms. The second-order valence-corrected chi connectivity index (χ2v) is 5.22. The van der Waals surface area contributed by atoms with E-state index in [0.717, 1.165) is 11.0 Å². The molecule has 0 amide bonds. The number of hydrogen-bond donors (Lipinski definition) is 0. The van der Waals surface area contributed by atoms with E-state index in [-0.39, 0.29) is 5.23 Å². The predicted octanol–water partition coefficient (Wildman–Crippen LogP) is 2.02. The van der Waals surface area contributed by atoms with Gasteiger partial charge in [-0.05, 0) is 25.5 Å². The molecule has 16 heavy (non-hydrogen) atoms. The van der Waals surface area contributed by atoms with Gasteiger partial charge in [0.1, 0.15) is 5.75 Å². The fraction of sp³-hybridized carbons (Fsp3) is 0.182. The van der Waals surface area contributed by atoms with Gasteiger partial charge in [-0.1, -0.05) is 18.2 Å². The van der Waals surface area contributed by atoms with E-state index < -0.39 is 9.84 Å². The van der Waals surface area contributed by atoms with E-state index in [1.807, 2.05) is 19.1 Å². The standard InChI is InChI=1S/C11H11NO3S/c1-8-5-3-4-6-10(8)15-11-12-9(2)7-16(11,13)14/h3-7H,1-2H3. The molecule has 0 aliphatic carbocycles. The van der Waals surface area contributed by atoms with Crippen molar-refractivity contribution in [1.82, 2.24) is 0 Å². The minimum absolute atomic E-state index is 0.251. The molecule has 1 aliphatic heterocycles. The Hall–Kier alpha value is -1.62. The predicted molar refractivity (Wildman–Crippen MR) is 61.9 cm³/mol. The molecule has 0 aromatic heterocycles. The molecule has 0 N–H and O–H groups in total. The van der Waals surface area contributed by atoms with Gasteiger partial charge in [0.05, 0.1) is 11.1 Å². The molecule has 1 aromatic carbocycles. The molecule has 0 unspecified atom stereocenters. The summed E-state index contributed by atoms with van der Waals surface area (Å²) >= 11 is 0. The van der Waals surface area contributed by atoms with Crippen LogP contribution in [0.25, 0.3) is 0 Å². The van der Waals surface area contributed by atoms with Crippen molar-refractivity contribution in [3.8, 4) is 5.75 Å². The Kier molecular flexibility index (Phi) is 2.55. The van der Waals surface area contributed by atoms with Gasteiger partial charge in [-0.15, -0.1) is 0 Å². The van der Waals surface area contributed by atoms with E-state index in [0.29, 0.717) is 11.4 Å². The third-order valence-corrected chi connectivity index (χ3v) is 3.44. The van der Waals surface area contributed by atoms with Crippen molar-refractivity contribution >= 4 is 15.1 Å². The minimum atomic E-state index is -3.49. The molecule has 0 saturated heterocycles. The van der Waals surface area contributed by atoms with Crippen LogP contribution in [-0.4, -0.2) is 13.6 Å². The van der Waals surface area contributed by atoms with Crippen molar-refractivity contribution in [1.29, 1.82) is 0 Å². The molecule has 0 radical (unpaired) electrons. The van der Waals surface area contributed by atoms with Crippen molar-refractivity contribution in [2.24, 2.45) is 4.99 Å². The first-order chi connectivity index (χ1) is 7.49. The topological polar surface area (TPSA) is 55.7 Å². The van der Waals surface area contributed by atoms with Gasteiger partial charge in [0.2, 0.25) is 0 Å². The van der Waals surface area contributed by atoms with Gasteiger partial charge in [-0.3, -0.25) is 0 Å². The lowest BCUT2D eigenvalue weighted by molar-refractivity contribution is 0.546. The van der Waals surface area contributed by atoms with Crippen LogP contribution in [0.1, 0.15) is 12.5 Å². The first-order valence-electron chi connectivity index (χ1n) is 4.74. The molecule has 84 valence electrons. The summed E-state index contributed by atoms with van der Waals surface area (Å²) < 4.78 is 28.4. The maximum absolute atomic E-state index is 11.6. The summed E-state index contributed by atoms with van der Waals surface area (Å²) in [5.74, 6) is 0.507. The fourth-order valence-corrected chi connectivity index (χ4v) is 2.43. The summed E-state index contributed by atoms with van der Waals surface area (Å²) in [7, 11) is -3.49. The highest BCUT2D eigenvalue weighted by Gasteiger charge is 2.26. The van der Waals surface area contributed by atoms with E-state index in [2.05, 4.69) is 4.99 Å². The van der Waals surface area contributed by atoms with Crippen LogP contribution in [0.15, 0.2) is 40.4 Å². The lowest BCUT2D eigenvalue weighted by atomic mass is 10.2. The number of aliphatic imine (C=N–C) groups is 1. The Morgan fingerprint density at radius 3 is 2.44 bits per heavy atom. The van der Waals surface area contributed by atoms with Crippen molar-refractivity contribution in [2.75, 3.05) is 0 Å². The number of para-hydroxylation sites is 1. The highest BCUT2D eigenvalue weighted by atomic mass is 32.2. The second kappa shape index (κ2) is 3.75. The van der Waals surface area contributed by atoms with Crippen LogP contribution >= 0.6 is 0 Å². The van der Waals surface area contributed by atoms with Crippen LogP contribution in [0, 0.1) is 6.92 Å². The maximum Gasteiger partial charge on any atom is 0.319 e. The molecule has 0 atom stereocenters. The van der Waals surface area contributed by atoms with Gasteiger partial charge in [-0.2, -0.15) is 0 Å². The van der Waals surface area contributed by atoms with E-state index in [1.165, 1.54) is 0 Å². The summed E-state index contributed by atoms with van der Waals surface area (Å²) in [6.45, 7) is 3.46. The van der Waals surface area contributed by atoms with Crippen molar-refractivity contribution in [3.63, 3.8) is 0 Å². The Bertz CT molecular complexity index is 585.